The molecule has 1 aromatic carbocycles. The monoisotopic (exact) mass is 244 g/mol. The van der Waals surface area contributed by atoms with Crippen LogP contribution in [-0.2, 0) is 4.79 Å². The van der Waals surface area contributed by atoms with Crippen molar-refractivity contribution >= 4 is 17.6 Å². The molecule has 0 saturated carbocycles. The van der Waals surface area contributed by atoms with Crippen LogP contribution in [0.3, 0.4) is 0 Å². The van der Waals surface area contributed by atoms with Crippen molar-refractivity contribution in [2.75, 3.05) is 0 Å². The summed E-state index contributed by atoms with van der Waals surface area (Å²) in [6.45, 7) is 1.98. The lowest BCUT2D eigenvalue weighted by Crippen LogP contribution is -2.12. The van der Waals surface area contributed by atoms with Crippen molar-refractivity contribution in [1.82, 2.24) is 0 Å². The molecule has 0 aliphatic rings. The number of hydrogen-bond donors (Lipinski definition) is 1. The zero-order chi connectivity index (χ0) is 12.1. The predicted molar refractivity (Wildman–Crippen MR) is 61.3 cm³/mol. The number of unbranched alkanes of at least 4 members (excludes halogenated alkanes) is 1. The Kier molecular flexibility index (Phi) is 4.74. The van der Waals surface area contributed by atoms with Gasteiger partial charge >= 0.3 is 5.97 Å². The minimum Gasteiger partial charge on any atom is -0.481 e. The predicted octanol–water partition coefficient (Wildman–Crippen LogP) is 3.84. The molecular formula is C12H14ClFO2. The van der Waals surface area contributed by atoms with Crippen molar-refractivity contribution in [3.63, 3.8) is 0 Å². The molecule has 0 radical (unpaired) electrons. The lowest BCUT2D eigenvalue weighted by molar-refractivity contribution is -0.139. The number of carboxylic acid groups (broad SMARTS) is 1. The zero-order valence-corrected chi connectivity index (χ0v) is 9.80. The van der Waals surface area contributed by atoms with Gasteiger partial charge in [0.15, 0.2) is 0 Å². The maximum Gasteiger partial charge on any atom is 0.311 e. The van der Waals surface area contributed by atoms with Gasteiger partial charge < -0.3 is 5.11 Å². The van der Waals surface area contributed by atoms with E-state index in [4.69, 9.17) is 16.7 Å². The zero-order valence-electron chi connectivity index (χ0n) is 9.04. The quantitative estimate of drug-likeness (QED) is 0.855. The Labute approximate surface area is 99.0 Å². The first-order valence-corrected chi connectivity index (χ1v) is 5.61. The molecule has 88 valence electrons. The van der Waals surface area contributed by atoms with E-state index in [1.54, 1.807) is 0 Å². The lowest BCUT2D eigenvalue weighted by Gasteiger charge is -2.13. The highest BCUT2D eigenvalue weighted by atomic mass is 35.5. The van der Waals surface area contributed by atoms with E-state index in [0.717, 1.165) is 12.8 Å². The molecule has 1 atom stereocenters. The van der Waals surface area contributed by atoms with E-state index in [0.29, 0.717) is 17.0 Å². The van der Waals surface area contributed by atoms with Crippen molar-refractivity contribution in [3.8, 4) is 0 Å². The largest absolute Gasteiger partial charge is 0.481 e. The van der Waals surface area contributed by atoms with Gasteiger partial charge in [0, 0.05) is 5.02 Å². The Hall–Kier alpha value is -1.09. The maximum atomic E-state index is 13.0. The van der Waals surface area contributed by atoms with E-state index in [1.165, 1.54) is 18.2 Å². The van der Waals surface area contributed by atoms with E-state index < -0.39 is 17.7 Å². The summed E-state index contributed by atoms with van der Waals surface area (Å²) in [6.07, 6.45) is 2.16. The first kappa shape index (κ1) is 13.0. The second-order valence-electron chi connectivity index (χ2n) is 3.70. The normalized spacial score (nSPS) is 12.4. The molecule has 0 amide bonds. The average Bonchev–Trinajstić information content (AvgIpc) is 2.23. The molecule has 0 saturated heterocycles. The number of carbonyl (C=O) groups is 1. The van der Waals surface area contributed by atoms with Crippen molar-refractivity contribution in [1.29, 1.82) is 0 Å². The molecule has 2 nitrogen and oxygen atoms in total. The maximum absolute atomic E-state index is 13.0. The van der Waals surface area contributed by atoms with Gasteiger partial charge in [0.25, 0.3) is 0 Å². The topological polar surface area (TPSA) is 37.3 Å². The van der Waals surface area contributed by atoms with Gasteiger partial charge in [0.1, 0.15) is 5.82 Å². The summed E-state index contributed by atoms with van der Waals surface area (Å²) in [7, 11) is 0. The van der Waals surface area contributed by atoms with Crippen LogP contribution in [0.15, 0.2) is 18.2 Å². The fourth-order valence-corrected chi connectivity index (χ4v) is 1.85. The Bertz CT molecular complexity index is 379. The minimum atomic E-state index is -0.957. The second-order valence-corrected chi connectivity index (χ2v) is 4.11. The summed E-state index contributed by atoms with van der Waals surface area (Å²) in [4.78, 5) is 11.1. The van der Waals surface area contributed by atoms with Crippen LogP contribution in [0.25, 0.3) is 0 Å². The fraction of sp³-hybridized carbons (Fsp3) is 0.417. The number of rotatable bonds is 5. The van der Waals surface area contributed by atoms with Crippen molar-refractivity contribution in [2.45, 2.75) is 32.1 Å². The van der Waals surface area contributed by atoms with Crippen LogP contribution in [-0.4, -0.2) is 11.1 Å². The highest BCUT2D eigenvalue weighted by Gasteiger charge is 2.22. The van der Waals surface area contributed by atoms with E-state index in [9.17, 15) is 9.18 Å². The number of benzene rings is 1. The summed E-state index contributed by atoms with van der Waals surface area (Å²) < 4.78 is 13.0. The number of halogens is 2. The van der Waals surface area contributed by atoms with Crippen LogP contribution in [0.1, 0.15) is 37.7 Å². The molecule has 1 N–H and O–H groups in total. The molecule has 1 aromatic rings. The summed E-state index contributed by atoms with van der Waals surface area (Å²) in [6, 6.07) is 3.83. The average molecular weight is 245 g/mol. The third-order valence-electron chi connectivity index (χ3n) is 2.48. The van der Waals surface area contributed by atoms with Crippen LogP contribution < -0.4 is 0 Å². The minimum absolute atomic E-state index is 0.310. The van der Waals surface area contributed by atoms with Gasteiger partial charge in [-0.25, -0.2) is 4.39 Å². The molecule has 0 fully saturated rings. The third-order valence-corrected chi connectivity index (χ3v) is 2.82. The highest BCUT2D eigenvalue weighted by molar-refractivity contribution is 6.31. The molecule has 4 heteroatoms. The molecule has 1 rings (SSSR count). The van der Waals surface area contributed by atoms with Gasteiger partial charge in [0.2, 0.25) is 0 Å². The SMILES string of the molecule is CCCCC(C(=O)O)c1cc(F)ccc1Cl. The second kappa shape index (κ2) is 5.85. The third kappa shape index (κ3) is 3.20. The smallest absolute Gasteiger partial charge is 0.311 e. The first-order valence-electron chi connectivity index (χ1n) is 5.24. The first-order chi connectivity index (χ1) is 7.56. The molecular weight excluding hydrogens is 231 g/mol. The van der Waals surface area contributed by atoms with Gasteiger partial charge in [-0.05, 0) is 30.2 Å². The molecule has 1 unspecified atom stereocenters. The van der Waals surface area contributed by atoms with Crippen molar-refractivity contribution in [3.05, 3.63) is 34.6 Å². The van der Waals surface area contributed by atoms with Gasteiger partial charge in [-0.3, -0.25) is 4.79 Å². The van der Waals surface area contributed by atoms with Crippen LogP contribution in [0, 0.1) is 5.82 Å². The molecule has 0 aromatic heterocycles. The number of aliphatic carboxylic acids is 1. The Balaban J connectivity index is 3.00. The molecule has 0 aliphatic heterocycles. The Morgan fingerprint density at radius 1 is 1.56 bits per heavy atom. The van der Waals surface area contributed by atoms with Gasteiger partial charge in [-0.15, -0.1) is 0 Å². The van der Waals surface area contributed by atoms with E-state index >= 15 is 0 Å². The molecule has 0 spiro atoms. The molecule has 16 heavy (non-hydrogen) atoms. The summed E-state index contributed by atoms with van der Waals surface area (Å²) in [5, 5.41) is 9.40. The molecule has 0 bridgehead atoms. The summed E-state index contributed by atoms with van der Waals surface area (Å²) in [5.41, 5.74) is 0.364. The van der Waals surface area contributed by atoms with Crippen LogP contribution in [0.2, 0.25) is 5.02 Å². The highest BCUT2D eigenvalue weighted by Crippen LogP contribution is 2.29. The van der Waals surface area contributed by atoms with E-state index in [1.807, 2.05) is 6.92 Å². The van der Waals surface area contributed by atoms with E-state index in [2.05, 4.69) is 0 Å². The van der Waals surface area contributed by atoms with Crippen LogP contribution in [0.5, 0.6) is 0 Å². The van der Waals surface area contributed by atoms with Gasteiger partial charge in [0.05, 0.1) is 5.92 Å². The standard InChI is InChI=1S/C12H14ClFO2/c1-2-3-4-9(12(15)16)10-7-8(14)5-6-11(10)13/h5-7,9H,2-4H2,1H3,(H,15,16). The van der Waals surface area contributed by atoms with Crippen LogP contribution in [0.4, 0.5) is 4.39 Å². The summed E-state index contributed by atoms with van der Waals surface area (Å²) in [5.74, 6) is -2.13. The Morgan fingerprint density at radius 2 is 2.25 bits per heavy atom. The molecule has 0 aliphatic carbocycles. The van der Waals surface area contributed by atoms with Crippen LogP contribution >= 0.6 is 11.6 Å². The van der Waals surface area contributed by atoms with Crippen molar-refractivity contribution < 1.29 is 14.3 Å². The fourth-order valence-electron chi connectivity index (χ4n) is 1.60. The van der Waals surface area contributed by atoms with Crippen molar-refractivity contribution in [2.24, 2.45) is 0 Å². The Morgan fingerprint density at radius 3 is 2.81 bits per heavy atom. The summed E-state index contributed by atoms with van der Waals surface area (Å²) >= 11 is 5.88. The van der Waals surface area contributed by atoms with Gasteiger partial charge in [-0.1, -0.05) is 31.4 Å². The molecule has 0 heterocycles. The van der Waals surface area contributed by atoms with Gasteiger partial charge in [-0.2, -0.15) is 0 Å². The number of hydrogen-bond acceptors (Lipinski definition) is 1. The number of carboxylic acids is 1. The lowest BCUT2D eigenvalue weighted by atomic mass is 9.93. The van der Waals surface area contributed by atoms with E-state index in [-0.39, 0.29) is 0 Å².